The van der Waals surface area contributed by atoms with Gasteiger partial charge < -0.3 is 9.47 Å². The van der Waals surface area contributed by atoms with Crippen molar-refractivity contribution in [2.75, 3.05) is 0 Å². The summed E-state index contributed by atoms with van der Waals surface area (Å²) in [4.78, 5) is 31.8. The average Bonchev–Trinajstić information content (AvgIpc) is 2.70. The standard InChI is InChI=1S/C15H5F14NO6/c16-10(17,12(20,21)14(24,25)26)8(31)35-4-5-3-6(30(33)34)1-2-7(5)36-9(32)11(18,19)13(22,23)15(27,28)29/h1-3H,4H2. The van der Waals surface area contributed by atoms with Gasteiger partial charge in [0, 0.05) is 17.7 Å². The summed E-state index contributed by atoms with van der Waals surface area (Å²) in [7, 11) is 0. The number of ether oxygens (including phenoxy) is 2. The Labute approximate surface area is 186 Å². The van der Waals surface area contributed by atoms with E-state index in [9.17, 15) is 81.2 Å². The summed E-state index contributed by atoms with van der Waals surface area (Å²) < 4.78 is 185. The number of hydrogen-bond donors (Lipinski definition) is 0. The van der Waals surface area contributed by atoms with Gasteiger partial charge in [-0.1, -0.05) is 0 Å². The highest BCUT2D eigenvalue weighted by Crippen LogP contribution is 2.48. The fourth-order valence-electron chi connectivity index (χ4n) is 1.90. The van der Waals surface area contributed by atoms with Crippen molar-refractivity contribution < 1.29 is 85.5 Å². The molecule has 0 heterocycles. The number of carbonyl (C=O) groups is 2. The molecule has 36 heavy (non-hydrogen) atoms. The van der Waals surface area contributed by atoms with E-state index >= 15 is 0 Å². The number of rotatable bonds is 8. The summed E-state index contributed by atoms with van der Waals surface area (Å²) >= 11 is 0. The van der Waals surface area contributed by atoms with E-state index in [1.807, 2.05) is 0 Å². The van der Waals surface area contributed by atoms with E-state index in [-0.39, 0.29) is 18.2 Å². The number of carbonyl (C=O) groups excluding carboxylic acids is 2. The second-order valence-corrected chi connectivity index (χ2v) is 6.31. The molecule has 0 unspecified atom stereocenters. The highest BCUT2D eigenvalue weighted by molar-refractivity contribution is 5.82. The van der Waals surface area contributed by atoms with Crippen LogP contribution in [0, 0.1) is 10.1 Å². The molecule has 0 spiro atoms. The van der Waals surface area contributed by atoms with E-state index in [0.717, 1.165) is 0 Å². The van der Waals surface area contributed by atoms with Crippen LogP contribution in [0.25, 0.3) is 0 Å². The molecule has 1 rings (SSSR count). The van der Waals surface area contributed by atoms with Crippen LogP contribution in [0.15, 0.2) is 18.2 Å². The summed E-state index contributed by atoms with van der Waals surface area (Å²) in [5, 5.41) is 10.7. The Bertz CT molecular complexity index is 1030. The third-order valence-electron chi connectivity index (χ3n) is 3.83. The molecule has 0 aliphatic heterocycles. The predicted molar refractivity (Wildman–Crippen MR) is 80.4 cm³/mol. The Balaban J connectivity index is 3.35. The molecule has 0 aliphatic carbocycles. The van der Waals surface area contributed by atoms with Crippen LogP contribution in [0.4, 0.5) is 67.2 Å². The van der Waals surface area contributed by atoms with Crippen molar-refractivity contribution in [3.05, 3.63) is 33.9 Å². The molecule has 0 atom stereocenters. The molecule has 0 amide bonds. The average molecular weight is 561 g/mol. The largest absolute Gasteiger partial charge is 0.460 e. The first-order chi connectivity index (χ1) is 15.8. The zero-order chi connectivity index (χ0) is 28.7. The Kier molecular flexibility index (Phi) is 7.84. The smallest absolute Gasteiger partial charge is 0.456 e. The van der Waals surface area contributed by atoms with Crippen LogP contribution in [-0.4, -0.2) is 52.9 Å². The van der Waals surface area contributed by atoms with Gasteiger partial charge in [-0.2, -0.15) is 61.5 Å². The number of nitrogens with zero attached hydrogens (tertiary/aromatic N) is 1. The highest BCUT2D eigenvalue weighted by atomic mass is 19.4. The van der Waals surface area contributed by atoms with Gasteiger partial charge in [0.2, 0.25) is 0 Å². The van der Waals surface area contributed by atoms with Gasteiger partial charge >= 0.3 is 48.0 Å². The van der Waals surface area contributed by atoms with Gasteiger partial charge in [0.05, 0.1) is 4.92 Å². The molecule has 0 N–H and O–H groups in total. The third kappa shape index (κ3) is 5.37. The summed E-state index contributed by atoms with van der Waals surface area (Å²) in [5.74, 6) is -36.5. The minimum absolute atomic E-state index is 0.0173. The van der Waals surface area contributed by atoms with E-state index in [0.29, 0.717) is 0 Å². The summed E-state index contributed by atoms with van der Waals surface area (Å²) in [6, 6.07) is 0.208. The van der Waals surface area contributed by atoms with Crippen molar-refractivity contribution in [2.45, 2.75) is 42.6 Å². The van der Waals surface area contributed by atoms with Crippen molar-refractivity contribution in [3.63, 3.8) is 0 Å². The van der Waals surface area contributed by atoms with Gasteiger partial charge in [0.1, 0.15) is 12.4 Å². The van der Waals surface area contributed by atoms with Crippen LogP contribution < -0.4 is 4.74 Å². The van der Waals surface area contributed by atoms with Crippen LogP contribution in [0.1, 0.15) is 5.56 Å². The minimum atomic E-state index is -7.06. The van der Waals surface area contributed by atoms with Crippen LogP contribution in [-0.2, 0) is 20.9 Å². The van der Waals surface area contributed by atoms with E-state index < -0.39 is 76.5 Å². The van der Waals surface area contributed by atoms with Crippen molar-refractivity contribution in [1.82, 2.24) is 0 Å². The maximum atomic E-state index is 13.4. The lowest BCUT2D eigenvalue weighted by atomic mass is 10.1. The molecule has 0 aromatic heterocycles. The fourth-order valence-corrected chi connectivity index (χ4v) is 1.90. The maximum absolute atomic E-state index is 13.4. The van der Waals surface area contributed by atoms with Gasteiger partial charge in [0.15, 0.2) is 0 Å². The Morgan fingerprint density at radius 3 is 1.56 bits per heavy atom. The van der Waals surface area contributed by atoms with Crippen molar-refractivity contribution in [1.29, 1.82) is 0 Å². The SMILES string of the molecule is O=C(OCc1cc([N+](=O)[O-])ccc1OC(=O)C(F)(F)C(F)(F)C(F)(F)F)C(F)(F)C(F)(F)C(F)(F)F. The van der Waals surface area contributed by atoms with Crippen LogP contribution in [0.2, 0.25) is 0 Å². The molecule has 21 heteroatoms. The molecule has 7 nitrogen and oxygen atoms in total. The number of nitro benzene ring substituents is 1. The van der Waals surface area contributed by atoms with Gasteiger partial charge in [-0.05, 0) is 6.07 Å². The van der Waals surface area contributed by atoms with Crippen molar-refractivity contribution in [2.24, 2.45) is 0 Å². The number of alkyl halides is 14. The van der Waals surface area contributed by atoms with Gasteiger partial charge in [0.25, 0.3) is 5.69 Å². The lowest BCUT2D eigenvalue weighted by molar-refractivity contribution is -0.385. The Morgan fingerprint density at radius 1 is 0.750 bits per heavy atom. The maximum Gasteiger partial charge on any atom is 0.460 e. The van der Waals surface area contributed by atoms with Crippen LogP contribution in [0.3, 0.4) is 0 Å². The van der Waals surface area contributed by atoms with Crippen LogP contribution >= 0.6 is 0 Å². The first-order valence-corrected chi connectivity index (χ1v) is 8.14. The number of halogens is 14. The minimum Gasteiger partial charge on any atom is -0.456 e. The first kappa shape index (κ1) is 30.6. The number of non-ortho nitro benzene ring substituents is 1. The number of hydrogen-bond acceptors (Lipinski definition) is 6. The molecule has 0 radical (unpaired) electrons. The lowest BCUT2D eigenvalue weighted by Gasteiger charge is -2.27. The summed E-state index contributed by atoms with van der Waals surface area (Å²) in [6.45, 7) is -2.09. The molecule has 204 valence electrons. The number of nitro groups is 1. The molecule has 0 bridgehead atoms. The van der Waals surface area contributed by atoms with E-state index in [1.165, 1.54) is 0 Å². The van der Waals surface area contributed by atoms with Gasteiger partial charge in [-0.3, -0.25) is 10.1 Å². The van der Waals surface area contributed by atoms with Gasteiger partial charge in [-0.25, -0.2) is 9.59 Å². The van der Waals surface area contributed by atoms with Crippen molar-refractivity contribution in [3.8, 4) is 5.75 Å². The van der Waals surface area contributed by atoms with E-state index in [1.54, 1.807) is 0 Å². The van der Waals surface area contributed by atoms with E-state index in [4.69, 9.17) is 0 Å². The topological polar surface area (TPSA) is 95.7 Å². The molecule has 0 saturated heterocycles. The monoisotopic (exact) mass is 561 g/mol. The first-order valence-electron chi connectivity index (χ1n) is 8.14. The Hall–Kier alpha value is -3.42. The molecule has 0 saturated carbocycles. The molecule has 1 aromatic rings. The number of benzene rings is 1. The quantitative estimate of drug-likeness (QED) is 0.142. The second kappa shape index (κ2) is 9.22. The third-order valence-corrected chi connectivity index (χ3v) is 3.83. The fraction of sp³-hybridized carbons (Fsp3) is 0.467. The van der Waals surface area contributed by atoms with E-state index in [2.05, 4.69) is 9.47 Å². The lowest BCUT2D eigenvalue weighted by Crippen LogP contribution is -2.57. The zero-order valence-electron chi connectivity index (χ0n) is 16.1. The molecule has 0 fully saturated rings. The summed E-state index contributed by atoms with van der Waals surface area (Å²) in [6.07, 6.45) is -14.0. The zero-order valence-corrected chi connectivity index (χ0v) is 16.1. The van der Waals surface area contributed by atoms with Crippen molar-refractivity contribution >= 4 is 17.6 Å². The molecule has 0 aliphatic rings. The molecule has 1 aromatic carbocycles. The highest BCUT2D eigenvalue weighted by Gasteiger charge is 2.78. The van der Waals surface area contributed by atoms with Gasteiger partial charge in [-0.15, -0.1) is 0 Å². The molecular weight excluding hydrogens is 556 g/mol. The molecular formula is C15H5F14NO6. The number of esters is 2. The van der Waals surface area contributed by atoms with Crippen LogP contribution in [0.5, 0.6) is 5.75 Å². The summed E-state index contributed by atoms with van der Waals surface area (Å²) in [5.41, 5.74) is -2.66. The predicted octanol–water partition coefficient (Wildman–Crippen LogP) is 5.21. The second-order valence-electron chi connectivity index (χ2n) is 6.31. The normalized spacial score (nSPS) is 13.8. The Morgan fingerprint density at radius 2 is 1.17 bits per heavy atom.